The third-order valence-electron chi connectivity index (χ3n) is 6.50. The molecule has 182 valence electrons. The number of carbonyl (C=O) groups excluding carboxylic acids is 3. The highest BCUT2D eigenvalue weighted by atomic mass is 32.1. The van der Waals surface area contributed by atoms with Crippen molar-refractivity contribution in [3.05, 3.63) is 57.8 Å². The minimum absolute atomic E-state index is 0.00256. The Hall–Kier alpha value is -2.75. The number of nitrogens with one attached hydrogen (secondary N) is 1. The maximum Gasteiger partial charge on any atom is 0.263 e. The van der Waals surface area contributed by atoms with Crippen molar-refractivity contribution in [2.24, 2.45) is 0 Å². The van der Waals surface area contributed by atoms with Crippen LogP contribution in [0.5, 0.6) is 0 Å². The van der Waals surface area contributed by atoms with Crippen LogP contribution >= 0.6 is 11.3 Å². The number of ether oxygens (including phenoxy) is 1. The van der Waals surface area contributed by atoms with Crippen molar-refractivity contribution in [1.29, 1.82) is 0 Å². The summed E-state index contributed by atoms with van der Waals surface area (Å²) in [7, 11) is 3.89. The van der Waals surface area contributed by atoms with Crippen LogP contribution in [0.4, 0.5) is 0 Å². The van der Waals surface area contributed by atoms with E-state index in [0.717, 1.165) is 5.56 Å². The number of nitrogens with zero attached hydrogens (tertiary/aromatic N) is 3. The van der Waals surface area contributed by atoms with Gasteiger partial charge in [0, 0.05) is 44.6 Å². The normalized spacial score (nSPS) is 19.6. The summed E-state index contributed by atoms with van der Waals surface area (Å²) in [6.07, 6.45) is 0.923. The number of likely N-dealkylation sites (N-methyl/N-ethyl adjacent to an activating group) is 1. The topological polar surface area (TPSA) is 82.2 Å². The molecule has 0 bridgehead atoms. The summed E-state index contributed by atoms with van der Waals surface area (Å²) >= 11 is 1.42. The Morgan fingerprint density at radius 1 is 1.12 bits per heavy atom. The number of benzene rings is 1. The molecule has 1 atom stereocenters. The van der Waals surface area contributed by atoms with Crippen LogP contribution in [0.3, 0.4) is 0 Å². The molecule has 2 aliphatic rings. The molecular weight excluding hydrogens is 452 g/mol. The fourth-order valence-corrected chi connectivity index (χ4v) is 5.23. The smallest absolute Gasteiger partial charge is 0.263 e. The molecule has 0 radical (unpaired) electrons. The van der Waals surface area contributed by atoms with Gasteiger partial charge < -0.3 is 19.9 Å². The molecule has 0 saturated carbocycles. The number of rotatable bonds is 6. The quantitative estimate of drug-likeness (QED) is 0.680. The zero-order chi connectivity index (χ0) is 24.3. The van der Waals surface area contributed by atoms with E-state index in [-0.39, 0.29) is 24.3 Å². The Morgan fingerprint density at radius 2 is 1.82 bits per heavy atom. The highest BCUT2D eigenvalue weighted by molar-refractivity contribution is 7.12. The number of hydrogen-bond acceptors (Lipinski definition) is 6. The predicted molar refractivity (Wildman–Crippen MR) is 131 cm³/mol. The molecule has 2 aliphatic heterocycles. The number of amides is 3. The first-order chi connectivity index (χ1) is 16.3. The highest BCUT2D eigenvalue weighted by Crippen LogP contribution is 2.39. The lowest BCUT2D eigenvalue weighted by Crippen LogP contribution is -2.60. The van der Waals surface area contributed by atoms with Crippen LogP contribution in [0.2, 0.25) is 0 Å². The minimum Gasteiger partial charge on any atom is -0.353 e. The van der Waals surface area contributed by atoms with E-state index in [0.29, 0.717) is 49.5 Å². The number of carbonyl (C=O) groups is 3. The summed E-state index contributed by atoms with van der Waals surface area (Å²) in [4.78, 5) is 45.8. The van der Waals surface area contributed by atoms with Crippen molar-refractivity contribution in [3.63, 3.8) is 0 Å². The summed E-state index contributed by atoms with van der Waals surface area (Å²) < 4.78 is 6.24. The molecule has 0 unspecified atom stereocenters. The number of thiophene rings is 1. The van der Waals surface area contributed by atoms with Gasteiger partial charge in [-0.2, -0.15) is 0 Å². The van der Waals surface area contributed by atoms with Crippen LogP contribution in [0.15, 0.2) is 41.8 Å². The van der Waals surface area contributed by atoms with Gasteiger partial charge in [-0.3, -0.25) is 19.3 Å². The summed E-state index contributed by atoms with van der Waals surface area (Å²) in [5.41, 5.74) is 0.679. The number of hydrogen-bond donors (Lipinski definition) is 1. The molecule has 1 aromatic heterocycles. The van der Waals surface area contributed by atoms with E-state index in [1.807, 2.05) is 55.6 Å². The second-order valence-corrected chi connectivity index (χ2v) is 10.1. The maximum absolute atomic E-state index is 13.7. The average Bonchev–Trinajstić information content (AvgIpc) is 3.48. The fourth-order valence-electron chi connectivity index (χ4n) is 4.54. The van der Waals surface area contributed by atoms with Crippen molar-refractivity contribution < 1.29 is 19.1 Å². The van der Waals surface area contributed by atoms with Gasteiger partial charge in [-0.15, -0.1) is 11.3 Å². The van der Waals surface area contributed by atoms with Crippen molar-refractivity contribution in [3.8, 4) is 0 Å². The van der Waals surface area contributed by atoms with E-state index in [1.54, 1.807) is 21.9 Å². The molecular formula is C25H32N4O4S. The second kappa shape index (κ2) is 10.2. The predicted octanol–water partition coefficient (Wildman–Crippen LogP) is 2.21. The Labute approximate surface area is 204 Å². The third kappa shape index (κ3) is 5.01. The molecule has 3 heterocycles. The van der Waals surface area contributed by atoms with E-state index in [9.17, 15) is 14.4 Å². The largest absolute Gasteiger partial charge is 0.353 e. The number of aryl methyl sites for hydroxylation is 1. The lowest BCUT2D eigenvalue weighted by atomic mass is 9.96. The molecule has 0 aliphatic carbocycles. The maximum atomic E-state index is 13.7. The average molecular weight is 485 g/mol. The van der Waals surface area contributed by atoms with Gasteiger partial charge in [0.25, 0.3) is 11.8 Å². The lowest BCUT2D eigenvalue weighted by Gasteiger charge is -2.44. The summed E-state index contributed by atoms with van der Waals surface area (Å²) in [5.74, 6) is -0.434. The SMILES string of the molecule is Cc1ccc(C(=O)N2[C@@H](C(=O)NCCN(C)C)COC23CCN(C(=O)c2cccs2)CC3)cc1. The van der Waals surface area contributed by atoms with E-state index < -0.39 is 11.8 Å². The Bertz CT molecular complexity index is 1010. The first-order valence-corrected chi connectivity index (χ1v) is 12.5. The van der Waals surface area contributed by atoms with Gasteiger partial charge in [0.2, 0.25) is 5.91 Å². The van der Waals surface area contributed by atoms with E-state index in [2.05, 4.69) is 5.32 Å². The minimum atomic E-state index is -0.905. The van der Waals surface area contributed by atoms with Crippen molar-refractivity contribution in [1.82, 2.24) is 20.0 Å². The monoisotopic (exact) mass is 484 g/mol. The van der Waals surface area contributed by atoms with Gasteiger partial charge in [0.05, 0.1) is 11.5 Å². The molecule has 9 heteroatoms. The van der Waals surface area contributed by atoms with E-state index in [4.69, 9.17) is 4.74 Å². The van der Waals surface area contributed by atoms with Gasteiger partial charge in [0.1, 0.15) is 11.8 Å². The van der Waals surface area contributed by atoms with Gasteiger partial charge in [-0.1, -0.05) is 23.8 Å². The standard InChI is InChI=1S/C25H32N4O4S/c1-18-6-8-19(9-7-18)23(31)29-20(22(30)26-12-15-27(2)3)17-33-25(29)10-13-28(14-11-25)24(32)21-5-4-16-34-21/h4-9,16,20H,10-15,17H2,1-3H3,(H,26,30)/t20-/m1/s1. The molecule has 8 nitrogen and oxygen atoms in total. The molecule has 1 N–H and O–H groups in total. The fraction of sp³-hybridized carbons (Fsp3) is 0.480. The first-order valence-electron chi connectivity index (χ1n) is 11.6. The Kier molecular flexibility index (Phi) is 7.35. The third-order valence-corrected chi connectivity index (χ3v) is 7.36. The molecule has 3 amide bonds. The van der Waals surface area contributed by atoms with Crippen molar-refractivity contribution in [2.45, 2.75) is 31.5 Å². The van der Waals surface area contributed by atoms with Crippen LogP contribution in [-0.2, 0) is 9.53 Å². The van der Waals surface area contributed by atoms with E-state index >= 15 is 0 Å². The zero-order valence-electron chi connectivity index (χ0n) is 20.0. The van der Waals surface area contributed by atoms with Crippen LogP contribution in [-0.4, -0.2) is 91.1 Å². The van der Waals surface area contributed by atoms with Gasteiger partial charge >= 0.3 is 0 Å². The number of likely N-dealkylation sites (tertiary alicyclic amines) is 1. The summed E-state index contributed by atoms with van der Waals surface area (Å²) in [6.45, 7) is 4.23. The van der Waals surface area contributed by atoms with Crippen LogP contribution in [0, 0.1) is 6.92 Å². The van der Waals surface area contributed by atoms with Gasteiger partial charge in [-0.25, -0.2) is 0 Å². The summed E-state index contributed by atoms with van der Waals surface area (Å²) in [5, 5.41) is 4.84. The van der Waals surface area contributed by atoms with Crippen LogP contribution < -0.4 is 5.32 Å². The Morgan fingerprint density at radius 3 is 2.44 bits per heavy atom. The van der Waals surface area contributed by atoms with Gasteiger partial charge in [-0.05, 0) is 44.6 Å². The highest BCUT2D eigenvalue weighted by Gasteiger charge is 2.54. The lowest BCUT2D eigenvalue weighted by molar-refractivity contribution is -0.128. The molecule has 34 heavy (non-hydrogen) atoms. The Balaban J connectivity index is 1.54. The second-order valence-electron chi connectivity index (χ2n) is 9.18. The number of piperidine rings is 1. The molecule has 2 aromatic rings. The first kappa shape index (κ1) is 24.4. The van der Waals surface area contributed by atoms with Crippen molar-refractivity contribution >= 4 is 29.1 Å². The van der Waals surface area contributed by atoms with Crippen LogP contribution in [0.25, 0.3) is 0 Å². The molecule has 1 aromatic carbocycles. The van der Waals surface area contributed by atoms with E-state index in [1.165, 1.54) is 11.3 Å². The summed E-state index contributed by atoms with van der Waals surface area (Å²) in [6, 6.07) is 10.3. The van der Waals surface area contributed by atoms with Crippen LogP contribution in [0.1, 0.15) is 38.4 Å². The van der Waals surface area contributed by atoms with Crippen molar-refractivity contribution in [2.75, 3.05) is 46.9 Å². The molecule has 2 fully saturated rings. The molecule has 4 rings (SSSR count). The molecule has 2 saturated heterocycles. The molecule has 1 spiro atoms. The zero-order valence-corrected chi connectivity index (χ0v) is 20.8. The van der Waals surface area contributed by atoms with Gasteiger partial charge in [0.15, 0.2) is 0 Å².